The van der Waals surface area contributed by atoms with E-state index in [2.05, 4.69) is 4.98 Å². The zero-order valence-corrected chi connectivity index (χ0v) is 16.4. The highest BCUT2D eigenvalue weighted by Crippen LogP contribution is 2.18. The number of nitrogens with two attached hydrogens (primary N) is 1. The van der Waals surface area contributed by atoms with E-state index in [1.54, 1.807) is 7.85 Å². The van der Waals surface area contributed by atoms with Gasteiger partial charge in [-0.05, 0) is 17.1 Å². The molecule has 0 saturated heterocycles. The van der Waals surface area contributed by atoms with Crippen molar-refractivity contribution in [2.75, 3.05) is 12.3 Å². The SMILES string of the molecule is Bc1nc2c(S(=O)(=O)C/C(F)=C/CN)c(B)c(B)c(B)c2c(B)c1B. The molecule has 0 aliphatic heterocycles. The third kappa shape index (κ3) is 3.47. The number of pyridine rings is 1. The molecule has 0 radical (unpaired) electrons. The van der Waals surface area contributed by atoms with Crippen LogP contribution in [0.3, 0.4) is 0 Å². The molecular formula is C13H19B6FN2O2S. The highest BCUT2D eigenvalue weighted by molar-refractivity contribution is 7.92. The lowest BCUT2D eigenvalue weighted by Crippen LogP contribution is -2.49. The fourth-order valence-electron chi connectivity index (χ4n) is 3.20. The van der Waals surface area contributed by atoms with Crippen molar-refractivity contribution in [3.63, 3.8) is 0 Å². The molecule has 2 aromatic rings. The highest BCUT2D eigenvalue weighted by Gasteiger charge is 2.26. The average molecular weight is 351 g/mol. The first-order valence-electron chi connectivity index (χ1n) is 8.17. The van der Waals surface area contributed by atoms with Gasteiger partial charge in [0, 0.05) is 6.54 Å². The standard InChI is InChI=1S/C13H19B6FN2O2S/c14-6-5-7(15)10(18)13(19)22-11(5)12(9(17)8(6)16)25(23,24)3-4(20)1-2-21/h1H,2-3,14-19,21H2/b4-1-. The molecular weight excluding hydrogens is 332 g/mol. The van der Waals surface area contributed by atoms with Crippen molar-refractivity contribution >= 4 is 101 Å². The van der Waals surface area contributed by atoms with E-state index >= 15 is 0 Å². The number of aromatic nitrogens is 1. The van der Waals surface area contributed by atoms with Crippen molar-refractivity contribution < 1.29 is 12.8 Å². The third-order valence-corrected chi connectivity index (χ3v) is 6.81. The quantitative estimate of drug-likeness (QED) is 0.556. The molecule has 0 saturated carbocycles. The van der Waals surface area contributed by atoms with Crippen LogP contribution in [-0.2, 0) is 9.84 Å². The molecule has 25 heavy (non-hydrogen) atoms. The molecule has 0 spiro atoms. The van der Waals surface area contributed by atoms with Crippen LogP contribution in [0.1, 0.15) is 0 Å². The summed E-state index contributed by atoms with van der Waals surface area (Å²) in [4.78, 5) is 4.70. The van der Waals surface area contributed by atoms with E-state index in [0.29, 0.717) is 11.0 Å². The summed E-state index contributed by atoms with van der Waals surface area (Å²) < 4.78 is 39.8. The lowest BCUT2D eigenvalue weighted by molar-refractivity contribution is 0.584. The Labute approximate surface area is 153 Å². The summed E-state index contributed by atoms with van der Waals surface area (Å²) in [6.07, 6.45) is 1.09. The van der Waals surface area contributed by atoms with Crippen molar-refractivity contribution in [3.05, 3.63) is 11.9 Å². The van der Waals surface area contributed by atoms with Crippen LogP contribution in [0.4, 0.5) is 4.39 Å². The van der Waals surface area contributed by atoms with Crippen molar-refractivity contribution in [2.24, 2.45) is 5.73 Å². The van der Waals surface area contributed by atoms with Crippen LogP contribution in [0.25, 0.3) is 10.9 Å². The van der Waals surface area contributed by atoms with Crippen molar-refractivity contribution in [2.45, 2.75) is 4.90 Å². The zero-order valence-electron chi connectivity index (χ0n) is 15.6. The second-order valence-electron chi connectivity index (χ2n) is 6.52. The number of halogens is 1. The maximum Gasteiger partial charge on any atom is 0.186 e. The van der Waals surface area contributed by atoms with Gasteiger partial charge >= 0.3 is 0 Å². The van der Waals surface area contributed by atoms with Gasteiger partial charge in [-0.3, -0.25) is 4.98 Å². The molecule has 0 aliphatic carbocycles. The van der Waals surface area contributed by atoms with E-state index < -0.39 is 21.4 Å². The molecule has 0 fully saturated rings. The van der Waals surface area contributed by atoms with Gasteiger partial charge in [0.1, 0.15) is 50.8 Å². The summed E-state index contributed by atoms with van der Waals surface area (Å²) in [5.41, 5.74) is 11.1. The molecule has 124 valence electrons. The number of hydrogen-bond donors (Lipinski definition) is 1. The number of benzene rings is 1. The van der Waals surface area contributed by atoms with Gasteiger partial charge in [0.25, 0.3) is 0 Å². The molecule has 0 bridgehead atoms. The normalized spacial score (nSPS) is 12.6. The van der Waals surface area contributed by atoms with Crippen LogP contribution in [0.2, 0.25) is 0 Å². The van der Waals surface area contributed by atoms with Gasteiger partial charge in [-0.25, -0.2) is 12.8 Å². The molecule has 0 atom stereocenters. The van der Waals surface area contributed by atoms with Gasteiger partial charge < -0.3 is 5.73 Å². The smallest absolute Gasteiger partial charge is 0.186 e. The predicted octanol–water partition coefficient (Wildman–Crippen LogP) is -8.63. The van der Waals surface area contributed by atoms with E-state index in [1.165, 1.54) is 0 Å². The minimum Gasteiger partial charge on any atom is -0.327 e. The van der Waals surface area contributed by atoms with E-state index in [-0.39, 0.29) is 11.4 Å². The molecule has 4 nitrogen and oxygen atoms in total. The zero-order chi connectivity index (χ0) is 19.1. The van der Waals surface area contributed by atoms with Gasteiger partial charge in [0.05, 0.1) is 10.4 Å². The summed E-state index contributed by atoms with van der Waals surface area (Å²) >= 11 is 0. The Balaban J connectivity index is 2.96. The third-order valence-electron chi connectivity index (χ3n) is 5.03. The Morgan fingerprint density at radius 1 is 1.00 bits per heavy atom. The Hall–Kier alpha value is -1.40. The molecule has 2 N–H and O–H groups in total. The van der Waals surface area contributed by atoms with Crippen LogP contribution < -0.4 is 38.6 Å². The number of fused-ring (bicyclic) bond motifs is 1. The summed E-state index contributed by atoms with van der Waals surface area (Å²) in [5, 5.41) is 0.841. The first-order chi connectivity index (χ1) is 11.5. The van der Waals surface area contributed by atoms with E-state index in [4.69, 9.17) is 5.73 Å². The van der Waals surface area contributed by atoms with Crippen LogP contribution in [-0.4, -0.2) is 72.8 Å². The monoisotopic (exact) mass is 352 g/mol. The van der Waals surface area contributed by atoms with Gasteiger partial charge in [-0.2, -0.15) is 0 Å². The Morgan fingerprint density at radius 3 is 2.12 bits per heavy atom. The molecule has 0 unspecified atom stereocenters. The average Bonchev–Trinajstić information content (AvgIpc) is 2.49. The summed E-state index contributed by atoms with van der Waals surface area (Å²) in [6.45, 7) is -0.0380. The van der Waals surface area contributed by atoms with Crippen LogP contribution in [0.5, 0.6) is 0 Å². The van der Waals surface area contributed by atoms with Gasteiger partial charge in [-0.1, -0.05) is 27.3 Å². The van der Waals surface area contributed by atoms with Crippen LogP contribution in [0.15, 0.2) is 16.8 Å². The first kappa shape index (κ1) is 19.9. The topological polar surface area (TPSA) is 73.0 Å². The van der Waals surface area contributed by atoms with Crippen molar-refractivity contribution in [3.8, 4) is 0 Å². The number of hydrogen-bond acceptors (Lipinski definition) is 4. The van der Waals surface area contributed by atoms with Crippen LogP contribution >= 0.6 is 0 Å². The van der Waals surface area contributed by atoms with E-state index in [9.17, 15) is 12.8 Å². The van der Waals surface area contributed by atoms with Crippen molar-refractivity contribution in [1.82, 2.24) is 4.98 Å². The number of rotatable bonds is 4. The van der Waals surface area contributed by atoms with Crippen molar-refractivity contribution in [1.29, 1.82) is 0 Å². The molecule has 2 rings (SSSR count). The first-order valence-corrected chi connectivity index (χ1v) is 9.82. The van der Waals surface area contributed by atoms with Crippen LogP contribution in [0, 0.1) is 0 Å². The number of sulfone groups is 1. The van der Waals surface area contributed by atoms with E-state index in [1.807, 2.05) is 39.2 Å². The Morgan fingerprint density at radius 2 is 1.56 bits per heavy atom. The molecule has 1 aromatic carbocycles. The summed E-state index contributed by atoms with van der Waals surface area (Å²) in [6, 6.07) is 0. The minimum absolute atomic E-state index is 0.0380. The minimum atomic E-state index is -3.89. The summed E-state index contributed by atoms with van der Waals surface area (Å²) in [5.74, 6) is -1.44. The molecule has 12 heteroatoms. The molecule has 1 heterocycles. The summed E-state index contributed by atoms with van der Waals surface area (Å²) in [7, 11) is 7.54. The molecule has 1 aromatic heterocycles. The lowest BCUT2D eigenvalue weighted by atomic mass is 9.66. The Kier molecular flexibility index (Phi) is 5.64. The predicted molar refractivity (Wildman–Crippen MR) is 121 cm³/mol. The largest absolute Gasteiger partial charge is 0.327 e. The lowest BCUT2D eigenvalue weighted by Gasteiger charge is -2.20. The maximum absolute atomic E-state index is 13.9. The maximum atomic E-state index is 13.9. The molecule has 0 amide bonds. The fraction of sp³-hybridized carbons (Fsp3) is 0.154. The fourth-order valence-corrected chi connectivity index (χ4v) is 4.89. The van der Waals surface area contributed by atoms with Gasteiger partial charge in [0.15, 0.2) is 17.7 Å². The van der Waals surface area contributed by atoms with E-state index in [0.717, 1.165) is 38.9 Å². The highest BCUT2D eigenvalue weighted by atomic mass is 32.2. The second-order valence-corrected chi connectivity index (χ2v) is 8.45. The molecule has 0 aliphatic rings. The number of nitrogens with zero attached hydrogens (tertiary/aromatic N) is 1. The Bertz CT molecular complexity index is 1000. The second kappa shape index (κ2) is 7.08. The van der Waals surface area contributed by atoms with Gasteiger partial charge in [-0.15, -0.1) is 0 Å². The van der Waals surface area contributed by atoms with Gasteiger partial charge in [0.2, 0.25) is 0 Å².